The highest BCUT2D eigenvalue weighted by Crippen LogP contribution is 2.21. The van der Waals surface area contributed by atoms with Crippen LogP contribution in [0, 0.1) is 0 Å². The number of aryl methyl sites for hydroxylation is 1. The van der Waals surface area contributed by atoms with E-state index in [1.807, 2.05) is 18.2 Å². The zero-order valence-electron chi connectivity index (χ0n) is 17.5. The van der Waals surface area contributed by atoms with Gasteiger partial charge in [0.15, 0.2) is 0 Å². The quantitative estimate of drug-likeness (QED) is 0.259. The Balaban J connectivity index is 2.06. The first-order chi connectivity index (χ1) is 14.0. The second-order valence-corrected chi connectivity index (χ2v) is 7.89. The zero-order valence-corrected chi connectivity index (χ0v) is 18.3. The van der Waals surface area contributed by atoms with Crippen molar-refractivity contribution in [2.75, 3.05) is 39.6 Å². The van der Waals surface area contributed by atoms with Crippen molar-refractivity contribution in [3.63, 3.8) is 0 Å². The van der Waals surface area contributed by atoms with E-state index in [0.29, 0.717) is 26.4 Å². The number of ether oxygens (including phenoxy) is 3. The summed E-state index contributed by atoms with van der Waals surface area (Å²) in [6, 6.07) is 8.14. The maximum Gasteiger partial charge on any atom is 0.397 e. The topological polar surface area (TPSA) is 91.3 Å². The largest absolute Gasteiger partial charge is 0.491 e. The Morgan fingerprint density at radius 3 is 2.07 bits per heavy atom. The third-order valence-electron chi connectivity index (χ3n) is 4.34. The molecule has 29 heavy (non-hydrogen) atoms. The number of unbranched alkanes of at least 4 members (excludes halogenated alkanes) is 6. The lowest BCUT2D eigenvalue weighted by molar-refractivity contribution is 0.0268. The number of rotatable bonds is 19. The second-order valence-electron chi connectivity index (χ2n) is 6.80. The van der Waals surface area contributed by atoms with Crippen molar-refractivity contribution >= 4 is 10.4 Å². The average Bonchev–Trinajstić information content (AvgIpc) is 2.69. The van der Waals surface area contributed by atoms with Gasteiger partial charge in [0.1, 0.15) is 12.4 Å². The molecule has 0 radical (unpaired) electrons. The van der Waals surface area contributed by atoms with Gasteiger partial charge >= 0.3 is 10.4 Å². The fraction of sp³-hybridized carbons (Fsp3) is 0.714. The van der Waals surface area contributed by atoms with E-state index < -0.39 is 10.4 Å². The monoisotopic (exact) mass is 432 g/mol. The predicted molar refractivity (Wildman–Crippen MR) is 113 cm³/mol. The minimum atomic E-state index is -4.40. The summed E-state index contributed by atoms with van der Waals surface area (Å²) in [7, 11) is -4.40. The molecule has 1 aromatic carbocycles. The summed E-state index contributed by atoms with van der Waals surface area (Å²) in [6.45, 7) is 3.65. The highest BCUT2D eigenvalue weighted by molar-refractivity contribution is 7.80. The van der Waals surface area contributed by atoms with Crippen LogP contribution in [0.25, 0.3) is 0 Å². The molecule has 0 spiro atoms. The van der Waals surface area contributed by atoms with Gasteiger partial charge in [0, 0.05) is 0 Å². The van der Waals surface area contributed by atoms with Crippen molar-refractivity contribution in [3.8, 4) is 5.75 Å². The summed E-state index contributed by atoms with van der Waals surface area (Å²) < 4.78 is 49.6. The molecule has 7 nitrogen and oxygen atoms in total. The van der Waals surface area contributed by atoms with Crippen LogP contribution < -0.4 is 4.74 Å². The molecule has 0 aliphatic rings. The van der Waals surface area contributed by atoms with Gasteiger partial charge in [-0.2, -0.15) is 8.42 Å². The minimum absolute atomic E-state index is 0.0611. The molecule has 0 aromatic heterocycles. The van der Waals surface area contributed by atoms with E-state index in [1.54, 1.807) is 0 Å². The van der Waals surface area contributed by atoms with Gasteiger partial charge in [0.05, 0.1) is 33.0 Å². The lowest BCUT2D eigenvalue weighted by Crippen LogP contribution is -2.14. The van der Waals surface area contributed by atoms with Gasteiger partial charge in [-0.3, -0.25) is 4.55 Å². The molecule has 1 N–H and O–H groups in total. The van der Waals surface area contributed by atoms with Crippen LogP contribution in [-0.4, -0.2) is 52.6 Å². The van der Waals surface area contributed by atoms with E-state index in [9.17, 15) is 8.42 Å². The van der Waals surface area contributed by atoms with Gasteiger partial charge in [0.25, 0.3) is 0 Å². The molecule has 0 aliphatic heterocycles. The lowest BCUT2D eigenvalue weighted by Gasteiger charge is -2.12. The molecular formula is C21H36O7S. The third-order valence-corrected chi connectivity index (χ3v) is 4.80. The van der Waals surface area contributed by atoms with E-state index in [4.69, 9.17) is 18.8 Å². The van der Waals surface area contributed by atoms with Crippen molar-refractivity contribution in [2.45, 2.75) is 58.3 Å². The molecule has 0 amide bonds. The van der Waals surface area contributed by atoms with E-state index in [1.165, 1.54) is 50.5 Å². The molecule has 0 heterocycles. The van der Waals surface area contributed by atoms with Crippen LogP contribution in [0.4, 0.5) is 0 Å². The Kier molecular flexibility index (Phi) is 14.8. The molecule has 0 aliphatic carbocycles. The molecule has 1 rings (SSSR count). The van der Waals surface area contributed by atoms with Crippen LogP contribution in [0.5, 0.6) is 5.75 Å². The number of para-hydroxylation sites is 1. The van der Waals surface area contributed by atoms with E-state index in [2.05, 4.69) is 17.2 Å². The summed E-state index contributed by atoms with van der Waals surface area (Å²) in [6.07, 6.45) is 10.1. The van der Waals surface area contributed by atoms with Gasteiger partial charge in [-0.25, -0.2) is 4.18 Å². The first kappa shape index (κ1) is 25.8. The molecular weight excluding hydrogens is 396 g/mol. The molecule has 1 aromatic rings. The Labute approximate surface area is 175 Å². The SMILES string of the molecule is CCCCCCCCCc1ccccc1OCCOCCOCCOS(=O)(=O)O. The molecule has 0 atom stereocenters. The molecule has 0 bridgehead atoms. The number of hydrogen-bond donors (Lipinski definition) is 1. The Bertz CT molecular complexity index is 619. The first-order valence-corrected chi connectivity index (χ1v) is 11.9. The smallest absolute Gasteiger partial charge is 0.397 e. The van der Waals surface area contributed by atoms with Crippen molar-refractivity contribution in [1.29, 1.82) is 0 Å². The highest BCUT2D eigenvalue weighted by atomic mass is 32.3. The molecule has 0 saturated carbocycles. The zero-order chi connectivity index (χ0) is 21.2. The normalized spacial score (nSPS) is 11.7. The summed E-state index contributed by atoms with van der Waals surface area (Å²) in [5.74, 6) is 0.917. The lowest BCUT2D eigenvalue weighted by atomic mass is 10.0. The molecule has 8 heteroatoms. The molecule has 0 saturated heterocycles. The van der Waals surface area contributed by atoms with Gasteiger partial charge in [-0.05, 0) is 24.5 Å². The number of benzene rings is 1. The Morgan fingerprint density at radius 1 is 0.793 bits per heavy atom. The minimum Gasteiger partial charge on any atom is -0.491 e. The van der Waals surface area contributed by atoms with Crippen LogP contribution in [0.3, 0.4) is 0 Å². The second kappa shape index (κ2) is 16.6. The van der Waals surface area contributed by atoms with Crippen LogP contribution in [0.1, 0.15) is 57.4 Å². The van der Waals surface area contributed by atoms with Crippen LogP contribution in [0.15, 0.2) is 24.3 Å². The van der Waals surface area contributed by atoms with E-state index in [0.717, 1.165) is 12.2 Å². The van der Waals surface area contributed by atoms with Gasteiger partial charge in [-0.15, -0.1) is 0 Å². The molecule has 0 unspecified atom stereocenters. The molecule has 168 valence electrons. The van der Waals surface area contributed by atoms with Gasteiger partial charge in [0.2, 0.25) is 0 Å². The number of hydrogen-bond acceptors (Lipinski definition) is 6. The van der Waals surface area contributed by atoms with Crippen LogP contribution >= 0.6 is 0 Å². The van der Waals surface area contributed by atoms with Crippen molar-refractivity contribution in [2.24, 2.45) is 0 Å². The maximum atomic E-state index is 10.3. The summed E-state index contributed by atoms with van der Waals surface area (Å²) in [5.41, 5.74) is 1.24. The van der Waals surface area contributed by atoms with Crippen LogP contribution in [-0.2, 0) is 30.5 Å². The van der Waals surface area contributed by atoms with Crippen molar-refractivity contribution < 1.29 is 31.4 Å². The van der Waals surface area contributed by atoms with E-state index in [-0.39, 0.29) is 13.2 Å². The standard InChI is InChI=1S/C21H36O7S/c1-2-3-4-5-6-7-8-11-20-12-9-10-13-21(20)27-18-16-25-14-15-26-17-19-28-29(22,23)24/h9-10,12-13H,2-8,11,14-19H2,1H3,(H,22,23,24). The molecule has 0 fully saturated rings. The van der Waals surface area contributed by atoms with Gasteiger partial charge in [-0.1, -0.05) is 63.6 Å². The fourth-order valence-electron chi connectivity index (χ4n) is 2.85. The summed E-state index contributed by atoms with van der Waals surface area (Å²) in [5, 5.41) is 0. The first-order valence-electron chi connectivity index (χ1n) is 10.5. The average molecular weight is 433 g/mol. The predicted octanol–water partition coefficient (Wildman–Crippen LogP) is 4.21. The Morgan fingerprint density at radius 2 is 1.38 bits per heavy atom. The van der Waals surface area contributed by atoms with Crippen LogP contribution in [0.2, 0.25) is 0 Å². The fourth-order valence-corrected chi connectivity index (χ4v) is 3.13. The maximum absolute atomic E-state index is 10.3. The Hall–Kier alpha value is -1.19. The van der Waals surface area contributed by atoms with Crippen molar-refractivity contribution in [3.05, 3.63) is 29.8 Å². The summed E-state index contributed by atoms with van der Waals surface area (Å²) >= 11 is 0. The third kappa shape index (κ3) is 15.3. The van der Waals surface area contributed by atoms with Gasteiger partial charge < -0.3 is 14.2 Å². The summed E-state index contributed by atoms with van der Waals surface area (Å²) in [4.78, 5) is 0. The van der Waals surface area contributed by atoms with Crippen molar-refractivity contribution in [1.82, 2.24) is 0 Å². The van der Waals surface area contributed by atoms with E-state index >= 15 is 0 Å². The highest BCUT2D eigenvalue weighted by Gasteiger charge is 2.04.